The first-order chi connectivity index (χ1) is 13.2. The molecule has 1 N–H and O–H groups in total. The summed E-state index contributed by atoms with van der Waals surface area (Å²) in [4.78, 5) is 0. The van der Waals surface area contributed by atoms with Gasteiger partial charge in [-0.1, -0.05) is 18.7 Å². The molecule has 2 aromatic carbocycles. The van der Waals surface area contributed by atoms with Crippen LogP contribution in [0.3, 0.4) is 0 Å². The third kappa shape index (κ3) is 3.90. The van der Waals surface area contributed by atoms with E-state index in [1.54, 1.807) is 13.0 Å². The molecule has 0 aliphatic carbocycles. The van der Waals surface area contributed by atoms with Gasteiger partial charge in [0.05, 0.1) is 5.69 Å². The lowest BCUT2D eigenvalue weighted by Crippen LogP contribution is -2.07. The monoisotopic (exact) mass is 393 g/mol. The van der Waals surface area contributed by atoms with E-state index >= 15 is 0 Å². The van der Waals surface area contributed by atoms with Crippen molar-refractivity contribution in [2.24, 2.45) is 0 Å². The van der Waals surface area contributed by atoms with E-state index in [2.05, 4.69) is 17.0 Å². The fourth-order valence-electron chi connectivity index (χ4n) is 2.76. The molecule has 0 amide bonds. The van der Waals surface area contributed by atoms with Crippen LogP contribution in [0.1, 0.15) is 18.2 Å². The summed E-state index contributed by atoms with van der Waals surface area (Å²) in [6.45, 7) is 5.50. The third-order valence-corrected chi connectivity index (χ3v) is 4.11. The van der Waals surface area contributed by atoms with Crippen LogP contribution in [0.2, 0.25) is 0 Å². The second-order valence-electron chi connectivity index (χ2n) is 6.01. The van der Waals surface area contributed by atoms with Crippen molar-refractivity contribution in [3.63, 3.8) is 0 Å². The summed E-state index contributed by atoms with van der Waals surface area (Å²) in [6.07, 6.45) is -4.62. The van der Waals surface area contributed by atoms with Crippen molar-refractivity contribution in [2.45, 2.75) is 19.6 Å². The first-order valence-electron chi connectivity index (χ1n) is 8.36. The number of benzene rings is 2. The maximum absolute atomic E-state index is 14.6. The standard InChI is InChI=1S/C20H16F5N3/c1-3-28-18(11-19(27-28)20(23,24)25)15-9-8-13(10-17(15)22)26-12(2)14-6-4-5-7-16(14)21/h4-11,26H,2-3H2,1H3. The van der Waals surface area contributed by atoms with Crippen LogP contribution < -0.4 is 5.32 Å². The lowest BCUT2D eigenvalue weighted by atomic mass is 10.1. The van der Waals surface area contributed by atoms with Gasteiger partial charge in [-0.2, -0.15) is 18.3 Å². The highest BCUT2D eigenvalue weighted by Gasteiger charge is 2.35. The smallest absolute Gasteiger partial charge is 0.355 e. The number of aromatic nitrogens is 2. The highest BCUT2D eigenvalue weighted by atomic mass is 19.4. The largest absolute Gasteiger partial charge is 0.435 e. The van der Waals surface area contributed by atoms with Gasteiger partial charge in [0.2, 0.25) is 0 Å². The first-order valence-corrected chi connectivity index (χ1v) is 8.36. The van der Waals surface area contributed by atoms with Gasteiger partial charge in [-0.15, -0.1) is 0 Å². The van der Waals surface area contributed by atoms with Crippen molar-refractivity contribution in [1.82, 2.24) is 9.78 Å². The average molecular weight is 393 g/mol. The van der Waals surface area contributed by atoms with Crippen LogP contribution in [0.4, 0.5) is 27.6 Å². The van der Waals surface area contributed by atoms with Crippen molar-refractivity contribution in [2.75, 3.05) is 5.32 Å². The van der Waals surface area contributed by atoms with Gasteiger partial charge < -0.3 is 5.32 Å². The van der Waals surface area contributed by atoms with Gasteiger partial charge in [0.25, 0.3) is 0 Å². The predicted molar refractivity (Wildman–Crippen MR) is 97.4 cm³/mol. The molecule has 3 nitrogen and oxygen atoms in total. The van der Waals surface area contributed by atoms with Crippen molar-refractivity contribution in [3.8, 4) is 11.3 Å². The molecule has 1 aromatic heterocycles. The molecule has 0 spiro atoms. The second kappa shape index (κ2) is 7.46. The molecule has 3 rings (SSSR count). The van der Waals surface area contributed by atoms with Gasteiger partial charge >= 0.3 is 6.18 Å². The van der Waals surface area contributed by atoms with E-state index in [0.29, 0.717) is 0 Å². The van der Waals surface area contributed by atoms with Gasteiger partial charge in [0.1, 0.15) is 11.6 Å². The zero-order chi connectivity index (χ0) is 20.5. The summed E-state index contributed by atoms with van der Waals surface area (Å²) < 4.78 is 68.3. The molecular formula is C20H16F5N3. The molecule has 146 valence electrons. The minimum atomic E-state index is -4.62. The van der Waals surface area contributed by atoms with Crippen LogP contribution in [0.25, 0.3) is 17.0 Å². The summed E-state index contributed by atoms with van der Waals surface area (Å²) >= 11 is 0. The molecule has 28 heavy (non-hydrogen) atoms. The van der Waals surface area contributed by atoms with Crippen LogP contribution in [0.15, 0.2) is 55.1 Å². The third-order valence-electron chi connectivity index (χ3n) is 4.11. The number of halogens is 5. The maximum atomic E-state index is 14.6. The normalized spacial score (nSPS) is 11.5. The van der Waals surface area contributed by atoms with Crippen molar-refractivity contribution >= 4 is 11.4 Å². The Morgan fingerprint density at radius 2 is 1.79 bits per heavy atom. The number of nitrogens with one attached hydrogen (secondary N) is 1. The SMILES string of the molecule is C=C(Nc1ccc(-c2cc(C(F)(F)F)nn2CC)c(F)c1)c1ccccc1F. The summed E-state index contributed by atoms with van der Waals surface area (Å²) in [6, 6.07) is 10.7. The van der Waals surface area contributed by atoms with E-state index in [9.17, 15) is 22.0 Å². The molecule has 0 radical (unpaired) electrons. The highest BCUT2D eigenvalue weighted by Crippen LogP contribution is 2.33. The molecule has 0 saturated carbocycles. The van der Waals surface area contributed by atoms with Gasteiger partial charge in [-0.3, -0.25) is 4.68 Å². The Hall–Kier alpha value is -3.16. The van der Waals surface area contributed by atoms with E-state index in [0.717, 1.165) is 16.8 Å². The van der Waals surface area contributed by atoms with Crippen LogP contribution in [-0.2, 0) is 12.7 Å². The van der Waals surface area contributed by atoms with Crippen LogP contribution in [0, 0.1) is 11.6 Å². The van der Waals surface area contributed by atoms with E-state index < -0.39 is 23.5 Å². The number of aryl methyl sites for hydroxylation is 1. The number of hydrogen-bond acceptors (Lipinski definition) is 2. The quantitative estimate of drug-likeness (QED) is 0.543. The second-order valence-corrected chi connectivity index (χ2v) is 6.01. The van der Waals surface area contributed by atoms with Gasteiger partial charge in [-0.05, 0) is 43.3 Å². The molecule has 8 heteroatoms. The Morgan fingerprint density at radius 3 is 2.39 bits per heavy atom. The van der Waals surface area contributed by atoms with E-state index in [1.165, 1.54) is 30.3 Å². The first kappa shape index (κ1) is 19.6. The Morgan fingerprint density at radius 1 is 1.07 bits per heavy atom. The molecule has 0 aliphatic rings. The molecular weight excluding hydrogens is 377 g/mol. The highest BCUT2D eigenvalue weighted by molar-refractivity contribution is 5.76. The van der Waals surface area contributed by atoms with Gasteiger partial charge in [0, 0.05) is 29.1 Å². The number of rotatable bonds is 5. The topological polar surface area (TPSA) is 29.9 Å². The summed E-state index contributed by atoms with van der Waals surface area (Å²) in [5, 5.41) is 6.29. The van der Waals surface area contributed by atoms with Gasteiger partial charge in [0.15, 0.2) is 5.69 Å². The number of alkyl halides is 3. The zero-order valence-electron chi connectivity index (χ0n) is 14.8. The number of nitrogens with zero attached hydrogens (tertiary/aromatic N) is 2. The molecule has 0 saturated heterocycles. The Balaban J connectivity index is 1.90. The van der Waals surface area contributed by atoms with Crippen molar-refractivity contribution in [1.29, 1.82) is 0 Å². The summed E-state index contributed by atoms with van der Waals surface area (Å²) in [7, 11) is 0. The van der Waals surface area contributed by atoms with Gasteiger partial charge in [-0.25, -0.2) is 8.78 Å². The van der Waals surface area contributed by atoms with E-state index in [-0.39, 0.29) is 34.8 Å². The summed E-state index contributed by atoms with van der Waals surface area (Å²) in [5.41, 5.74) is -0.347. The molecule has 0 bridgehead atoms. The predicted octanol–water partition coefficient (Wildman–Crippen LogP) is 5.95. The number of hydrogen-bond donors (Lipinski definition) is 1. The van der Waals surface area contributed by atoms with Crippen LogP contribution in [0.5, 0.6) is 0 Å². The minimum Gasteiger partial charge on any atom is -0.355 e. The van der Waals surface area contributed by atoms with E-state index in [1.807, 2.05) is 0 Å². The van der Waals surface area contributed by atoms with Crippen LogP contribution in [-0.4, -0.2) is 9.78 Å². The molecule has 0 fully saturated rings. The summed E-state index contributed by atoms with van der Waals surface area (Å²) in [5.74, 6) is -1.22. The Kier molecular flexibility index (Phi) is 5.22. The van der Waals surface area contributed by atoms with Crippen molar-refractivity contribution < 1.29 is 22.0 Å². The molecule has 0 atom stereocenters. The molecule has 0 unspecified atom stereocenters. The minimum absolute atomic E-state index is 0.0202. The van der Waals surface area contributed by atoms with Crippen molar-refractivity contribution in [3.05, 3.63) is 78.0 Å². The Bertz CT molecular complexity index is 1020. The average Bonchev–Trinajstić information content (AvgIpc) is 3.06. The fraction of sp³-hybridized carbons (Fsp3) is 0.150. The maximum Gasteiger partial charge on any atom is 0.435 e. The molecule has 1 heterocycles. The molecule has 0 aliphatic heterocycles. The fourth-order valence-corrected chi connectivity index (χ4v) is 2.76. The number of anilines is 1. The Labute approximate surface area is 158 Å². The lowest BCUT2D eigenvalue weighted by molar-refractivity contribution is -0.141. The molecule has 3 aromatic rings. The van der Waals surface area contributed by atoms with Crippen LogP contribution >= 0.6 is 0 Å². The zero-order valence-corrected chi connectivity index (χ0v) is 14.8. The lowest BCUT2D eigenvalue weighted by Gasteiger charge is -2.12. The van der Waals surface area contributed by atoms with E-state index in [4.69, 9.17) is 0 Å².